The number of rotatable bonds is 20. The van der Waals surface area contributed by atoms with Gasteiger partial charge in [0.05, 0.1) is 62.8 Å². The highest BCUT2D eigenvalue weighted by atomic mass is 16.5. The Labute approximate surface area is 290 Å². The number of esters is 2. The van der Waals surface area contributed by atoms with Crippen molar-refractivity contribution in [3.8, 4) is 23.0 Å². The van der Waals surface area contributed by atoms with Crippen LogP contribution in [-0.2, 0) is 20.6 Å². The van der Waals surface area contributed by atoms with Crippen LogP contribution in [0.2, 0.25) is 0 Å². The Balaban J connectivity index is 1.08. The van der Waals surface area contributed by atoms with Gasteiger partial charge < -0.3 is 33.2 Å². The number of benzene rings is 3. The van der Waals surface area contributed by atoms with Gasteiger partial charge in [0, 0.05) is 12.0 Å². The Morgan fingerprint density at radius 3 is 1.76 bits per heavy atom. The topological polar surface area (TPSA) is 98.8 Å². The molecule has 9 heteroatoms. The Morgan fingerprint density at radius 1 is 0.633 bits per heavy atom. The predicted octanol–water partition coefficient (Wildman–Crippen LogP) is 7.88. The first-order valence-electron chi connectivity index (χ1n) is 17.6. The lowest BCUT2D eigenvalue weighted by Crippen LogP contribution is -2.46. The zero-order valence-electron chi connectivity index (χ0n) is 29.1. The van der Waals surface area contributed by atoms with E-state index < -0.39 is 11.9 Å². The molecule has 0 aromatic heterocycles. The number of unbranched alkanes of at least 4 members (excludes halogenated alkanes) is 2. The minimum absolute atomic E-state index is 0.0767. The summed E-state index contributed by atoms with van der Waals surface area (Å²) in [4.78, 5) is 26.0. The summed E-state index contributed by atoms with van der Waals surface area (Å²) in [7, 11) is 0. The van der Waals surface area contributed by atoms with Gasteiger partial charge in [-0.25, -0.2) is 9.59 Å². The molecule has 0 aliphatic carbocycles. The van der Waals surface area contributed by atoms with Crippen molar-refractivity contribution in [1.82, 2.24) is 0 Å². The minimum atomic E-state index is -0.477. The van der Waals surface area contributed by atoms with E-state index in [-0.39, 0.29) is 10.8 Å². The van der Waals surface area contributed by atoms with E-state index in [0.29, 0.717) is 73.6 Å². The molecule has 3 aromatic rings. The van der Waals surface area contributed by atoms with E-state index in [4.69, 9.17) is 33.2 Å². The van der Waals surface area contributed by atoms with E-state index in [2.05, 4.69) is 20.8 Å². The first kappa shape index (κ1) is 36.4. The largest absolute Gasteiger partial charge is 0.494 e. The van der Waals surface area contributed by atoms with Gasteiger partial charge >= 0.3 is 11.9 Å². The van der Waals surface area contributed by atoms with Gasteiger partial charge in [-0.05, 0) is 111 Å². The van der Waals surface area contributed by atoms with Gasteiger partial charge in [0.2, 0.25) is 0 Å². The molecule has 0 bridgehead atoms. The summed E-state index contributed by atoms with van der Waals surface area (Å²) < 4.78 is 39.9. The molecule has 9 nitrogen and oxygen atoms in total. The summed E-state index contributed by atoms with van der Waals surface area (Å²) in [6, 6.07) is 19.0. The van der Waals surface area contributed by atoms with Crippen LogP contribution in [0.5, 0.6) is 23.0 Å². The molecule has 2 fully saturated rings. The van der Waals surface area contributed by atoms with Crippen LogP contribution in [0.15, 0.2) is 66.7 Å². The van der Waals surface area contributed by atoms with Crippen LogP contribution < -0.4 is 18.9 Å². The number of carbonyl (C=O) groups is 2. The number of aryl methyl sites for hydroxylation is 1. The van der Waals surface area contributed by atoms with Crippen LogP contribution >= 0.6 is 0 Å². The molecule has 2 aliphatic rings. The van der Waals surface area contributed by atoms with Crippen LogP contribution in [0.3, 0.4) is 0 Å². The number of carbonyl (C=O) groups excluding carboxylic acids is 2. The fourth-order valence-corrected chi connectivity index (χ4v) is 5.56. The van der Waals surface area contributed by atoms with Crippen LogP contribution in [-0.4, -0.2) is 64.8 Å². The fourth-order valence-electron chi connectivity index (χ4n) is 5.56. The maximum absolute atomic E-state index is 13.1. The van der Waals surface area contributed by atoms with Crippen LogP contribution in [0.25, 0.3) is 0 Å². The number of hydrogen-bond donors (Lipinski definition) is 0. The summed E-state index contributed by atoms with van der Waals surface area (Å²) >= 11 is 0. The Morgan fingerprint density at radius 2 is 1.18 bits per heavy atom. The predicted molar refractivity (Wildman–Crippen MR) is 186 cm³/mol. The molecule has 2 saturated heterocycles. The van der Waals surface area contributed by atoms with E-state index >= 15 is 0 Å². The highest BCUT2D eigenvalue weighted by Gasteiger charge is 2.38. The van der Waals surface area contributed by atoms with Crippen LogP contribution in [0, 0.1) is 10.8 Å². The van der Waals surface area contributed by atoms with E-state index in [9.17, 15) is 9.59 Å². The lowest BCUT2D eigenvalue weighted by Gasteiger charge is -2.40. The maximum atomic E-state index is 13.1. The Bertz CT molecular complexity index is 1480. The fraction of sp³-hybridized carbons (Fsp3) is 0.500. The highest BCUT2D eigenvalue weighted by Crippen LogP contribution is 2.33. The molecule has 0 unspecified atom stereocenters. The van der Waals surface area contributed by atoms with Gasteiger partial charge in [-0.15, -0.1) is 0 Å². The standard InChI is InChI=1S/C40H50O9/c1-4-7-10-32-23-35(48-37(41)30-13-17-34(18-14-30)47-29-40(6-3)27-45-28-40)19-20-36(32)49-38(42)31-11-15-33(16-12-31)46-22-9-8-21-43-24-39(5-2)25-44-26-39/h11-20,23H,4-10,21-22,24-29H2,1-3H3. The van der Waals surface area contributed by atoms with E-state index in [1.165, 1.54) is 0 Å². The highest BCUT2D eigenvalue weighted by molar-refractivity contribution is 5.92. The maximum Gasteiger partial charge on any atom is 0.343 e. The molecule has 0 radical (unpaired) electrons. The number of ether oxygens (including phenoxy) is 7. The molecule has 0 atom stereocenters. The first-order chi connectivity index (χ1) is 23.9. The van der Waals surface area contributed by atoms with Crippen molar-refractivity contribution in [3.63, 3.8) is 0 Å². The van der Waals surface area contributed by atoms with Crippen LogP contribution in [0.4, 0.5) is 0 Å². The lowest BCUT2D eigenvalue weighted by molar-refractivity contribution is -0.150. The minimum Gasteiger partial charge on any atom is -0.494 e. The molecule has 0 amide bonds. The molecule has 2 heterocycles. The van der Waals surface area contributed by atoms with E-state index in [1.54, 1.807) is 66.7 Å². The van der Waals surface area contributed by atoms with Crippen molar-refractivity contribution in [2.24, 2.45) is 10.8 Å². The third kappa shape index (κ3) is 10.1. The normalized spacial score (nSPS) is 15.8. The molecule has 0 spiro atoms. The Kier molecular flexibility index (Phi) is 13.1. The monoisotopic (exact) mass is 674 g/mol. The number of hydrogen-bond acceptors (Lipinski definition) is 9. The smallest absolute Gasteiger partial charge is 0.343 e. The van der Waals surface area contributed by atoms with Crippen molar-refractivity contribution in [3.05, 3.63) is 83.4 Å². The molecule has 5 rings (SSSR count). The van der Waals surface area contributed by atoms with Crippen molar-refractivity contribution in [2.75, 3.05) is 52.9 Å². The van der Waals surface area contributed by atoms with Crippen molar-refractivity contribution in [1.29, 1.82) is 0 Å². The third-order valence-electron chi connectivity index (χ3n) is 9.46. The summed E-state index contributed by atoms with van der Waals surface area (Å²) in [5.74, 6) is 1.28. The van der Waals surface area contributed by atoms with Crippen molar-refractivity contribution >= 4 is 11.9 Å². The quantitative estimate of drug-likeness (QED) is 0.0674. The van der Waals surface area contributed by atoms with Gasteiger partial charge in [-0.3, -0.25) is 0 Å². The van der Waals surface area contributed by atoms with Gasteiger partial charge in [0.15, 0.2) is 0 Å². The SMILES string of the molecule is CCCCc1cc(OC(=O)c2ccc(OCC3(CC)COC3)cc2)ccc1OC(=O)c1ccc(OCCCCOCC2(CC)COC2)cc1. The summed E-state index contributed by atoms with van der Waals surface area (Å²) in [5, 5.41) is 0. The summed E-state index contributed by atoms with van der Waals surface area (Å²) in [6.45, 7) is 12.0. The molecule has 49 heavy (non-hydrogen) atoms. The molecule has 2 aliphatic heterocycles. The van der Waals surface area contributed by atoms with Crippen molar-refractivity contribution in [2.45, 2.75) is 65.7 Å². The zero-order chi connectivity index (χ0) is 34.5. The van der Waals surface area contributed by atoms with Crippen molar-refractivity contribution < 1.29 is 42.7 Å². The van der Waals surface area contributed by atoms with E-state index in [0.717, 1.165) is 63.9 Å². The average Bonchev–Trinajstić information content (AvgIpc) is 3.09. The Hall–Kier alpha value is -3.92. The zero-order valence-corrected chi connectivity index (χ0v) is 29.1. The lowest BCUT2D eigenvalue weighted by atomic mass is 9.84. The summed E-state index contributed by atoms with van der Waals surface area (Å²) in [6.07, 6.45) is 6.39. The second-order valence-electron chi connectivity index (χ2n) is 13.3. The average molecular weight is 675 g/mol. The molecule has 0 saturated carbocycles. The second kappa shape index (κ2) is 17.7. The molecular weight excluding hydrogens is 624 g/mol. The first-order valence-corrected chi connectivity index (χ1v) is 17.6. The molecule has 3 aromatic carbocycles. The summed E-state index contributed by atoms with van der Waals surface area (Å²) in [5.41, 5.74) is 1.91. The van der Waals surface area contributed by atoms with Crippen LogP contribution in [0.1, 0.15) is 85.6 Å². The molecular formula is C40H50O9. The molecule has 0 N–H and O–H groups in total. The van der Waals surface area contributed by atoms with E-state index in [1.807, 2.05) is 0 Å². The van der Waals surface area contributed by atoms with Gasteiger partial charge in [0.1, 0.15) is 23.0 Å². The molecule has 264 valence electrons. The van der Waals surface area contributed by atoms with Gasteiger partial charge in [-0.1, -0.05) is 27.2 Å². The van der Waals surface area contributed by atoms with Gasteiger partial charge in [-0.2, -0.15) is 0 Å². The third-order valence-corrected chi connectivity index (χ3v) is 9.46. The second-order valence-corrected chi connectivity index (χ2v) is 13.3. The van der Waals surface area contributed by atoms with Gasteiger partial charge in [0.25, 0.3) is 0 Å².